The van der Waals surface area contributed by atoms with Gasteiger partial charge in [0.25, 0.3) is 0 Å². The van der Waals surface area contributed by atoms with E-state index >= 15 is 0 Å². The van der Waals surface area contributed by atoms with Crippen LogP contribution in [0.25, 0.3) is 22.4 Å². The number of aromatic nitrogens is 2. The maximum Gasteiger partial charge on any atom is 0.321 e. The first-order valence-electron chi connectivity index (χ1n) is 16.6. The maximum absolute atomic E-state index is 14.1. The molecule has 0 bridgehead atoms. The molecule has 5 heterocycles. The minimum Gasteiger partial charge on any atom is -0.481 e. The molecule has 0 aliphatic carbocycles. The second-order valence-corrected chi connectivity index (χ2v) is 14.7. The number of hydrogen-bond donors (Lipinski definition) is 5. The van der Waals surface area contributed by atoms with Gasteiger partial charge in [-0.25, -0.2) is 14.4 Å². The second-order valence-electron chi connectivity index (χ2n) is 12.7. The van der Waals surface area contributed by atoms with Gasteiger partial charge in [-0.2, -0.15) is 0 Å². The van der Waals surface area contributed by atoms with Gasteiger partial charge in [-0.15, -0.1) is 0 Å². The molecule has 0 radical (unpaired) electrons. The highest BCUT2D eigenvalue weighted by Crippen LogP contribution is 2.46. The van der Waals surface area contributed by atoms with Gasteiger partial charge in [-0.3, -0.25) is 14.5 Å². The Bertz CT molecular complexity index is 1970. The number of nitrogens with zero attached hydrogens (tertiary/aromatic N) is 3. The van der Waals surface area contributed by atoms with Crippen LogP contribution in [0.1, 0.15) is 24.8 Å². The summed E-state index contributed by atoms with van der Waals surface area (Å²) in [6.07, 6.45) is 1.91. The van der Waals surface area contributed by atoms with Crippen LogP contribution in [-0.4, -0.2) is 82.2 Å². The third kappa shape index (κ3) is 7.58. The number of thioether (sulfide) groups is 1. The summed E-state index contributed by atoms with van der Waals surface area (Å²) in [5, 5.41) is 23.5. The SMILES string of the molecule is COc1nc(-c2cccc(-c3cccc(Nc4nccc5c4NC(CN4C[C@@H](F)C[C@H]4C(=O)O)S5)c3Cl)c2Cl)ccc1CNC[C@@H]1CCC(=O)N1. The first-order valence-corrected chi connectivity index (χ1v) is 18.2. The number of halogens is 3. The van der Waals surface area contributed by atoms with E-state index in [0.29, 0.717) is 70.3 Å². The third-order valence-electron chi connectivity index (χ3n) is 9.27. The summed E-state index contributed by atoms with van der Waals surface area (Å²) in [6.45, 7) is 1.65. The number of methoxy groups -OCH3 is 1. The van der Waals surface area contributed by atoms with Crippen molar-refractivity contribution in [2.45, 2.75) is 54.3 Å². The number of anilines is 3. The van der Waals surface area contributed by atoms with E-state index in [1.807, 2.05) is 54.6 Å². The van der Waals surface area contributed by atoms with E-state index in [0.717, 1.165) is 28.1 Å². The molecule has 2 saturated heterocycles. The second kappa shape index (κ2) is 15.2. The van der Waals surface area contributed by atoms with Crippen LogP contribution in [0, 0.1) is 0 Å². The molecule has 5 N–H and O–H groups in total. The fourth-order valence-corrected chi connectivity index (χ4v) is 8.53. The number of pyridine rings is 2. The molecule has 0 saturated carbocycles. The Morgan fingerprint density at radius 2 is 1.88 bits per heavy atom. The van der Waals surface area contributed by atoms with Gasteiger partial charge in [-0.05, 0) is 24.6 Å². The lowest BCUT2D eigenvalue weighted by atomic mass is 10.00. The Morgan fingerprint density at radius 3 is 2.65 bits per heavy atom. The summed E-state index contributed by atoms with van der Waals surface area (Å²) in [5.74, 6) is 0.111. The number of aliphatic carboxylic acids is 1. The topological polar surface area (TPSA) is 141 Å². The predicted octanol–water partition coefficient (Wildman–Crippen LogP) is 6.58. The molecule has 51 heavy (non-hydrogen) atoms. The van der Waals surface area contributed by atoms with Crippen LogP contribution in [0.15, 0.2) is 65.7 Å². The van der Waals surface area contributed by atoms with Gasteiger partial charge in [-0.1, -0.05) is 71.4 Å². The van der Waals surface area contributed by atoms with Crippen molar-refractivity contribution >= 4 is 64.0 Å². The highest BCUT2D eigenvalue weighted by Gasteiger charge is 2.39. The molecule has 15 heteroatoms. The Morgan fingerprint density at radius 1 is 1.10 bits per heavy atom. The number of hydrogen-bond acceptors (Lipinski definition) is 10. The Balaban J connectivity index is 1.08. The maximum atomic E-state index is 14.1. The van der Waals surface area contributed by atoms with Gasteiger partial charge in [0, 0.05) is 78.4 Å². The number of carbonyl (C=O) groups excluding carboxylic acids is 1. The van der Waals surface area contributed by atoms with E-state index in [-0.39, 0.29) is 30.3 Å². The number of alkyl halides is 1. The molecule has 1 amide bonds. The largest absolute Gasteiger partial charge is 0.481 e. The van der Waals surface area contributed by atoms with Gasteiger partial charge in [0.15, 0.2) is 5.82 Å². The summed E-state index contributed by atoms with van der Waals surface area (Å²) in [7, 11) is 1.58. The molecular formula is C36H36Cl2FN7O4S. The van der Waals surface area contributed by atoms with Gasteiger partial charge in [0.2, 0.25) is 11.8 Å². The monoisotopic (exact) mass is 751 g/mol. The summed E-state index contributed by atoms with van der Waals surface area (Å²) in [6, 6.07) is 16.4. The van der Waals surface area contributed by atoms with Crippen LogP contribution in [0.4, 0.5) is 21.6 Å². The Labute approximate surface area is 308 Å². The zero-order valence-electron chi connectivity index (χ0n) is 27.6. The number of rotatable bonds is 12. The molecule has 2 aromatic carbocycles. The van der Waals surface area contributed by atoms with E-state index < -0.39 is 18.2 Å². The molecule has 4 atom stereocenters. The third-order valence-corrected chi connectivity index (χ3v) is 11.2. The van der Waals surface area contributed by atoms with Gasteiger partial charge in [0.1, 0.15) is 12.2 Å². The summed E-state index contributed by atoms with van der Waals surface area (Å²) in [4.78, 5) is 35.2. The number of benzene rings is 2. The first kappa shape index (κ1) is 35.3. The predicted molar refractivity (Wildman–Crippen MR) is 198 cm³/mol. The molecule has 4 aromatic rings. The van der Waals surface area contributed by atoms with E-state index in [4.69, 9.17) is 32.9 Å². The van der Waals surface area contributed by atoms with Crippen molar-refractivity contribution in [3.8, 4) is 28.3 Å². The van der Waals surface area contributed by atoms with Crippen molar-refractivity contribution in [1.82, 2.24) is 25.5 Å². The van der Waals surface area contributed by atoms with Gasteiger partial charge >= 0.3 is 5.97 Å². The van der Waals surface area contributed by atoms with E-state index in [9.17, 15) is 19.1 Å². The smallest absolute Gasteiger partial charge is 0.321 e. The number of nitrogens with one attached hydrogen (secondary N) is 4. The Hall–Kier alpha value is -4.14. The summed E-state index contributed by atoms with van der Waals surface area (Å²) < 4.78 is 19.7. The lowest BCUT2D eigenvalue weighted by Crippen LogP contribution is -2.41. The van der Waals surface area contributed by atoms with Crippen LogP contribution in [0.2, 0.25) is 10.0 Å². The van der Waals surface area contributed by atoms with Crippen molar-refractivity contribution in [3.05, 3.63) is 76.4 Å². The van der Waals surface area contributed by atoms with Gasteiger partial charge < -0.3 is 31.1 Å². The fraction of sp³-hybridized carbons (Fsp3) is 0.333. The number of carboxylic acids is 1. The van der Waals surface area contributed by atoms with Crippen LogP contribution in [0.5, 0.6) is 5.88 Å². The molecule has 2 fully saturated rings. The molecular weight excluding hydrogens is 716 g/mol. The molecule has 7 rings (SSSR count). The molecule has 2 aromatic heterocycles. The van der Waals surface area contributed by atoms with Crippen molar-refractivity contribution in [2.75, 3.05) is 37.4 Å². The van der Waals surface area contributed by atoms with Crippen molar-refractivity contribution in [1.29, 1.82) is 0 Å². The number of fused-ring (bicyclic) bond motifs is 1. The average molecular weight is 753 g/mol. The van der Waals surface area contributed by atoms with Crippen molar-refractivity contribution < 1.29 is 23.8 Å². The molecule has 3 aliphatic rings. The van der Waals surface area contributed by atoms with E-state index in [2.05, 4.69) is 26.3 Å². The Kier molecular flexibility index (Phi) is 10.5. The number of ether oxygens (including phenoxy) is 1. The summed E-state index contributed by atoms with van der Waals surface area (Å²) >= 11 is 15.7. The lowest BCUT2D eigenvalue weighted by Gasteiger charge is -2.24. The quantitative estimate of drug-likeness (QED) is 0.107. The van der Waals surface area contributed by atoms with E-state index in [1.165, 1.54) is 0 Å². The number of likely N-dealkylation sites (tertiary alicyclic amines) is 1. The number of carbonyl (C=O) groups is 2. The van der Waals surface area contributed by atoms with Crippen molar-refractivity contribution in [2.24, 2.45) is 0 Å². The first-order chi connectivity index (χ1) is 24.7. The molecule has 266 valence electrons. The highest BCUT2D eigenvalue weighted by molar-refractivity contribution is 8.00. The fourth-order valence-electron chi connectivity index (χ4n) is 6.77. The van der Waals surface area contributed by atoms with Crippen LogP contribution >= 0.6 is 35.0 Å². The van der Waals surface area contributed by atoms with Crippen LogP contribution < -0.4 is 26.0 Å². The minimum absolute atomic E-state index is 0.00537. The normalized spacial score (nSPS) is 21.3. The molecule has 11 nitrogen and oxygen atoms in total. The summed E-state index contributed by atoms with van der Waals surface area (Å²) in [5.41, 5.74) is 5.05. The standard InChI is InChI=1S/C36H36Cl2FN7O4S/c1-50-35-19(15-40-16-21-9-11-29(47)42-21)8-10-25(44-35)24-6-2-4-22(31(24)37)23-5-3-7-26(32(23)38)43-34-33-28(12-13-41-34)51-30(45-33)18-46-17-20(39)14-27(46)36(48)49/h2-8,10,12-13,20-21,27,30,40,45H,9,11,14-18H2,1H3,(H,41,43)(H,42,47)(H,48,49)/t20-,21-,27-,30?/m0/s1. The van der Waals surface area contributed by atoms with Crippen LogP contribution in [-0.2, 0) is 16.1 Å². The van der Waals surface area contributed by atoms with E-state index in [1.54, 1.807) is 30.0 Å². The molecule has 1 unspecified atom stereocenters. The zero-order valence-corrected chi connectivity index (χ0v) is 29.9. The average Bonchev–Trinajstić information content (AvgIpc) is 3.84. The number of carboxylic acid groups (broad SMARTS) is 1. The minimum atomic E-state index is -1.16. The molecule has 0 spiro atoms. The lowest BCUT2D eigenvalue weighted by molar-refractivity contribution is -0.142. The highest BCUT2D eigenvalue weighted by atomic mass is 35.5. The number of amides is 1. The van der Waals surface area contributed by atoms with Gasteiger partial charge in [0.05, 0.1) is 39.6 Å². The van der Waals surface area contributed by atoms with Crippen molar-refractivity contribution in [3.63, 3.8) is 0 Å². The zero-order chi connectivity index (χ0) is 35.6. The molecule has 3 aliphatic heterocycles. The van der Waals surface area contributed by atoms with Crippen LogP contribution in [0.3, 0.4) is 0 Å².